The highest BCUT2D eigenvalue weighted by molar-refractivity contribution is 7.10. The van der Waals surface area contributed by atoms with Crippen LogP contribution < -0.4 is 0 Å². The number of hydrogen-bond donors (Lipinski definition) is 1. The van der Waals surface area contributed by atoms with E-state index in [1.807, 2.05) is 5.38 Å². The normalized spacial score (nSPS) is 12.8. The second kappa shape index (κ2) is 4.36. The van der Waals surface area contributed by atoms with E-state index < -0.39 is 6.10 Å². The van der Waals surface area contributed by atoms with Crippen LogP contribution in [0.1, 0.15) is 29.2 Å². The first-order valence-electron chi connectivity index (χ1n) is 5.29. The molecule has 3 heteroatoms. The van der Waals surface area contributed by atoms with Crippen molar-refractivity contribution in [1.29, 1.82) is 0 Å². The highest BCUT2D eigenvalue weighted by Gasteiger charge is 2.10. The summed E-state index contributed by atoms with van der Waals surface area (Å²) in [5, 5.41) is 12.2. The lowest BCUT2D eigenvalue weighted by Gasteiger charge is -2.04. The van der Waals surface area contributed by atoms with Crippen molar-refractivity contribution in [3.8, 4) is 11.3 Å². The van der Waals surface area contributed by atoms with Crippen LogP contribution in [0.2, 0.25) is 0 Å². The van der Waals surface area contributed by atoms with Crippen LogP contribution in [0.4, 0.5) is 0 Å². The average molecular weight is 233 g/mol. The molecule has 0 aliphatic rings. The van der Waals surface area contributed by atoms with Crippen molar-refractivity contribution in [1.82, 2.24) is 4.98 Å². The van der Waals surface area contributed by atoms with Gasteiger partial charge in [-0.1, -0.05) is 17.7 Å². The van der Waals surface area contributed by atoms with Gasteiger partial charge in [-0.2, -0.15) is 0 Å². The molecule has 0 radical (unpaired) electrons. The highest BCUT2D eigenvalue weighted by atomic mass is 32.1. The van der Waals surface area contributed by atoms with Gasteiger partial charge < -0.3 is 5.11 Å². The molecule has 84 valence electrons. The number of aryl methyl sites for hydroxylation is 2. The third-order valence-corrected chi connectivity index (χ3v) is 3.56. The Labute approximate surface area is 99.6 Å². The maximum Gasteiger partial charge on any atom is 0.122 e. The first-order valence-corrected chi connectivity index (χ1v) is 6.17. The summed E-state index contributed by atoms with van der Waals surface area (Å²) >= 11 is 1.51. The van der Waals surface area contributed by atoms with E-state index >= 15 is 0 Å². The van der Waals surface area contributed by atoms with E-state index in [9.17, 15) is 5.11 Å². The number of aromatic nitrogens is 1. The summed E-state index contributed by atoms with van der Waals surface area (Å²) in [7, 11) is 0. The van der Waals surface area contributed by atoms with E-state index in [2.05, 4.69) is 37.0 Å². The van der Waals surface area contributed by atoms with Gasteiger partial charge in [-0.05, 0) is 32.4 Å². The zero-order valence-corrected chi connectivity index (χ0v) is 10.5. The van der Waals surface area contributed by atoms with Crippen LogP contribution in [-0.2, 0) is 0 Å². The summed E-state index contributed by atoms with van der Waals surface area (Å²) in [6, 6.07) is 6.34. The molecule has 0 aliphatic heterocycles. The SMILES string of the molecule is Cc1ccc(C)c(-c2csc(C(C)O)n2)c1. The third-order valence-electron chi connectivity index (χ3n) is 2.55. The molecule has 2 nitrogen and oxygen atoms in total. The minimum Gasteiger partial charge on any atom is -0.386 e. The monoisotopic (exact) mass is 233 g/mol. The fraction of sp³-hybridized carbons (Fsp3) is 0.308. The van der Waals surface area contributed by atoms with E-state index in [0.717, 1.165) is 16.3 Å². The summed E-state index contributed by atoms with van der Waals surface area (Å²) < 4.78 is 0. The van der Waals surface area contributed by atoms with Crippen molar-refractivity contribution in [3.05, 3.63) is 39.7 Å². The van der Waals surface area contributed by atoms with Crippen LogP contribution in [0.3, 0.4) is 0 Å². The predicted molar refractivity (Wildman–Crippen MR) is 67.7 cm³/mol. The van der Waals surface area contributed by atoms with Crippen molar-refractivity contribution in [3.63, 3.8) is 0 Å². The van der Waals surface area contributed by atoms with Crippen molar-refractivity contribution < 1.29 is 5.11 Å². The Morgan fingerprint density at radius 3 is 2.69 bits per heavy atom. The first-order chi connectivity index (χ1) is 7.58. The highest BCUT2D eigenvalue weighted by Crippen LogP contribution is 2.28. The average Bonchev–Trinajstić information content (AvgIpc) is 2.70. The van der Waals surface area contributed by atoms with Gasteiger partial charge in [-0.3, -0.25) is 0 Å². The number of aliphatic hydroxyl groups is 1. The topological polar surface area (TPSA) is 33.1 Å². The largest absolute Gasteiger partial charge is 0.386 e. The van der Waals surface area contributed by atoms with Crippen LogP contribution in [0, 0.1) is 13.8 Å². The van der Waals surface area contributed by atoms with Gasteiger partial charge in [-0.15, -0.1) is 11.3 Å². The van der Waals surface area contributed by atoms with Gasteiger partial charge >= 0.3 is 0 Å². The van der Waals surface area contributed by atoms with Crippen LogP contribution in [-0.4, -0.2) is 10.1 Å². The Hall–Kier alpha value is -1.19. The van der Waals surface area contributed by atoms with E-state index in [1.54, 1.807) is 6.92 Å². The third kappa shape index (κ3) is 2.15. The fourth-order valence-electron chi connectivity index (χ4n) is 1.62. The van der Waals surface area contributed by atoms with Crippen LogP contribution in [0.25, 0.3) is 11.3 Å². The van der Waals surface area contributed by atoms with Gasteiger partial charge in [0.25, 0.3) is 0 Å². The Bertz CT molecular complexity index is 502. The first kappa shape index (κ1) is 11.3. The molecule has 1 aromatic heterocycles. The maximum atomic E-state index is 9.46. The standard InChI is InChI=1S/C13H15NOS/c1-8-4-5-9(2)11(6-8)12-7-16-13(14-12)10(3)15/h4-7,10,15H,1-3H3. The van der Waals surface area contributed by atoms with E-state index in [4.69, 9.17) is 0 Å². The molecule has 1 aromatic carbocycles. The summed E-state index contributed by atoms with van der Waals surface area (Å²) in [4.78, 5) is 4.45. The quantitative estimate of drug-likeness (QED) is 0.861. The molecule has 0 bridgehead atoms. The van der Waals surface area contributed by atoms with Gasteiger partial charge in [0.2, 0.25) is 0 Å². The molecule has 0 saturated carbocycles. The minimum absolute atomic E-state index is 0.483. The van der Waals surface area contributed by atoms with Crippen molar-refractivity contribution in [2.24, 2.45) is 0 Å². The van der Waals surface area contributed by atoms with Crippen molar-refractivity contribution >= 4 is 11.3 Å². The molecule has 0 fully saturated rings. The second-order valence-corrected chi connectivity index (χ2v) is 4.96. The number of aliphatic hydroxyl groups excluding tert-OH is 1. The lowest BCUT2D eigenvalue weighted by atomic mass is 10.0. The van der Waals surface area contributed by atoms with Gasteiger partial charge in [-0.25, -0.2) is 4.98 Å². The van der Waals surface area contributed by atoms with Gasteiger partial charge in [0.15, 0.2) is 0 Å². The molecule has 0 saturated heterocycles. The smallest absolute Gasteiger partial charge is 0.122 e. The number of benzene rings is 1. The fourth-order valence-corrected chi connectivity index (χ4v) is 2.38. The molecule has 16 heavy (non-hydrogen) atoms. The van der Waals surface area contributed by atoms with Crippen LogP contribution in [0.15, 0.2) is 23.6 Å². The summed E-state index contributed by atoms with van der Waals surface area (Å²) in [5.41, 5.74) is 4.56. The predicted octanol–water partition coefficient (Wildman–Crippen LogP) is 3.48. The van der Waals surface area contributed by atoms with Crippen LogP contribution in [0.5, 0.6) is 0 Å². The minimum atomic E-state index is -0.483. The van der Waals surface area contributed by atoms with Gasteiger partial charge in [0.1, 0.15) is 11.1 Å². The molecule has 0 aliphatic carbocycles. The van der Waals surface area contributed by atoms with E-state index in [-0.39, 0.29) is 0 Å². The molecule has 0 amide bonds. The molecular weight excluding hydrogens is 218 g/mol. The maximum absolute atomic E-state index is 9.46. The number of thiazole rings is 1. The summed E-state index contributed by atoms with van der Waals surface area (Å²) in [5.74, 6) is 0. The Morgan fingerprint density at radius 2 is 2.06 bits per heavy atom. The second-order valence-electron chi connectivity index (χ2n) is 4.07. The zero-order chi connectivity index (χ0) is 11.7. The number of rotatable bonds is 2. The van der Waals surface area contributed by atoms with Crippen molar-refractivity contribution in [2.45, 2.75) is 26.9 Å². The lowest BCUT2D eigenvalue weighted by molar-refractivity contribution is 0.199. The lowest BCUT2D eigenvalue weighted by Crippen LogP contribution is -1.90. The zero-order valence-electron chi connectivity index (χ0n) is 9.69. The molecule has 1 unspecified atom stereocenters. The van der Waals surface area contributed by atoms with Crippen molar-refractivity contribution in [2.75, 3.05) is 0 Å². The Morgan fingerprint density at radius 1 is 1.31 bits per heavy atom. The summed E-state index contributed by atoms with van der Waals surface area (Å²) in [6.45, 7) is 5.90. The summed E-state index contributed by atoms with van der Waals surface area (Å²) in [6.07, 6.45) is -0.483. The molecule has 1 heterocycles. The van der Waals surface area contributed by atoms with Gasteiger partial charge in [0.05, 0.1) is 5.69 Å². The molecular formula is C13H15NOS. The number of nitrogens with zero attached hydrogens (tertiary/aromatic N) is 1. The van der Waals surface area contributed by atoms with Crippen LogP contribution >= 0.6 is 11.3 Å². The van der Waals surface area contributed by atoms with E-state index in [1.165, 1.54) is 22.5 Å². The van der Waals surface area contributed by atoms with Gasteiger partial charge in [0, 0.05) is 10.9 Å². The molecule has 0 spiro atoms. The molecule has 1 atom stereocenters. The Kier molecular flexibility index (Phi) is 3.08. The molecule has 2 aromatic rings. The van der Waals surface area contributed by atoms with E-state index in [0.29, 0.717) is 0 Å². The number of hydrogen-bond acceptors (Lipinski definition) is 3. The Balaban J connectivity index is 2.46. The molecule has 2 rings (SSSR count). The molecule has 1 N–H and O–H groups in total.